The zero-order valence-electron chi connectivity index (χ0n) is 16.7. The maximum Gasteiger partial charge on any atom is 0.280 e. The van der Waals surface area contributed by atoms with Gasteiger partial charge >= 0.3 is 0 Å². The van der Waals surface area contributed by atoms with Gasteiger partial charge in [-0.05, 0) is 49.1 Å². The van der Waals surface area contributed by atoms with Crippen molar-refractivity contribution in [1.29, 1.82) is 0 Å². The molecule has 0 aromatic heterocycles. The second-order valence-electron chi connectivity index (χ2n) is 7.24. The number of hydrogen-bond donors (Lipinski definition) is 1. The lowest BCUT2D eigenvalue weighted by Crippen LogP contribution is -2.33. The Morgan fingerprint density at radius 1 is 1.15 bits per heavy atom. The average Bonchev–Trinajstić information content (AvgIpc) is 2.63. The van der Waals surface area contributed by atoms with Crippen molar-refractivity contribution in [2.24, 2.45) is 5.10 Å². The van der Waals surface area contributed by atoms with Gasteiger partial charge in [0.05, 0.1) is 12.8 Å². The van der Waals surface area contributed by atoms with E-state index in [1.807, 2.05) is 55.5 Å². The quantitative estimate of drug-likeness (QED) is 0.585. The van der Waals surface area contributed by atoms with E-state index >= 15 is 0 Å². The number of hydrogen-bond acceptors (Lipinski definition) is 4. The van der Waals surface area contributed by atoms with Crippen LogP contribution in [0.1, 0.15) is 45.7 Å². The molecule has 0 saturated carbocycles. The molecular formula is C22H28N2O3. The van der Waals surface area contributed by atoms with E-state index in [9.17, 15) is 4.79 Å². The zero-order valence-corrected chi connectivity index (χ0v) is 16.7. The summed E-state index contributed by atoms with van der Waals surface area (Å²) >= 11 is 0. The molecule has 2 rings (SSSR count). The molecule has 1 N–H and O–H groups in total. The Bertz CT molecular complexity index is 777. The first-order valence-corrected chi connectivity index (χ1v) is 9.13. The Morgan fingerprint density at radius 2 is 1.81 bits per heavy atom. The van der Waals surface area contributed by atoms with Crippen molar-refractivity contribution >= 4 is 12.1 Å². The van der Waals surface area contributed by atoms with Crippen LogP contribution in [-0.4, -0.2) is 24.8 Å². The van der Waals surface area contributed by atoms with Gasteiger partial charge in [0.1, 0.15) is 11.5 Å². The van der Waals surface area contributed by atoms with Gasteiger partial charge < -0.3 is 9.47 Å². The summed E-state index contributed by atoms with van der Waals surface area (Å²) < 4.78 is 11.2. The van der Waals surface area contributed by atoms with E-state index in [1.165, 1.54) is 5.56 Å². The fourth-order valence-electron chi connectivity index (χ4n) is 2.42. The van der Waals surface area contributed by atoms with E-state index in [0.717, 1.165) is 11.3 Å². The normalized spacial score (nSPS) is 12.6. The van der Waals surface area contributed by atoms with Crippen LogP contribution in [0.3, 0.4) is 0 Å². The van der Waals surface area contributed by atoms with Crippen molar-refractivity contribution in [3.05, 3.63) is 59.7 Å². The molecule has 0 heterocycles. The van der Waals surface area contributed by atoms with Gasteiger partial charge in [-0.1, -0.05) is 45.0 Å². The predicted octanol–water partition coefficient (Wildman–Crippen LogP) is 4.30. The molecule has 0 aliphatic carbocycles. The molecule has 1 atom stereocenters. The lowest BCUT2D eigenvalue weighted by molar-refractivity contribution is -0.127. The highest BCUT2D eigenvalue weighted by molar-refractivity contribution is 5.86. The molecule has 0 fully saturated rings. The van der Waals surface area contributed by atoms with Crippen LogP contribution in [0.25, 0.3) is 0 Å². The van der Waals surface area contributed by atoms with Crippen molar-refractivity contribution in [2.45, 2.75) is 46.1 Å². The summed E-state index contributed by atoms with van der Waals surface area (Å²) in [6.45, 7) is 10.6. The second-order valence-corrected chi connectivity index (χ2v) is 7.24. The SMILES string of the molecule is CCOc1ccccc1/C=N/NC(=O)C(C)Oc1ccc(C(C)(C)C)cc1. The Balaban J connectivity index is 1.92. The summed E-state index contributed by atoms with van der Waals surface area (Å²) in [6.07, 6.45) is 0.901. The molecule has 0 aliphatic heterocycles. The van der Waals surface area contributed by atoms with E-state index in [-0.39, 0.29) is 11.3 Å². The molecule has 5 heteroatoms. The second kappa shape index (κ2) is 9.21. The van der Waals surface area contributed by atoms with E-state index in [1.54, 1.807) is 13.1 Å². The number of ether oxygens (including phenoxy) is 2. The maximum atomic E-state index is 12.2. The minimum absolute atomic E-state index is 0.0774. The van der Waals surface area contributed by atoms with E-state index in [0.29, 0.717) is 12.4 Å². The highest BCUT2D eigenvalue weighted by atomic mass is 16.5. The minimum Gasteiger partial charge on any atom is -0.493 e. The molecule has 1 amide bonds. The van der Waals surface area contributed by atoms with Crippen LogP contribution >= 0.6 is 0 Å². The van der Waals surface area contributed by atoms with Crippen molar-refractivity contribution in [1.82, 2.24) is 5.43 Å². The number of benzene rings is 2. The standard InChI is InChI=1S/C22H28N2O3/c1-6-26-20-10-8-7-9-17(20)15-23-24-21(25)16(2)27-19-13-11-18(12-14-19)22(3,4)5/h7-16H,6H2,1-5H3,(H,24,25)/b23-15+. The Morgan fingerprint density at radius 3 is 2.44 bits per heavy atom. The van der Waals surface area contributed by atoms with E-state index in [2.05, 4.69) is 31.3 Å². The van der Waals surface area contributed by atoms with Gasteiger partial charge in [-0.3, -0.25) is 4.79 Å². The number of amides is 1. The highest BCUT2D eigenvalue weighted by Gasteiger charge is 2.16. The first-order valence-electron chi connectivity index (χ1n) is 9.13. The number of rotatable bonds is 7. The molecule has 144 valence electrons. The number of nitrogens with one attached hydrogen (secondary N) is 1. The average molecular weight is 368 g/mol. The Hall–Kier alpha value is -2.82. The van der Waals surface area contributed by atoms with Crippen LogP contribution in [0.15, 0.2) is 53.6 Å². The van der Waals surface area contributed by atoms with Crippen molar-refractivity contribution in [3.63, 3.8) is 0 Å². The van der Waals surface area contributed by atoms with Crippen molar-refractivity contribution in [3.8, 4) is 11.5 Å². The Labute approximate surface area is 161 Å². The topological polar surface area (TPSA) is 59.9 Å². The van der Waals surface area contributed by atoms with Crippen LogP contribution in [-0.2, 0) is 10.2 Å². The van der Waals surface area contributed by atoms with Crippen LogP contribution in [0.4, 0.5) is 0 Å². The van der Waals surface area contributed by atoms with Gasteiger partial charge in [-0.15, -0.1) is 0 Å². The predicted molar refractivity (Wildman–Crippen MR) is 109 cm³/mol. The number of carbonyl (C=O) groups is 1. The molecule has 0 saturated heterocycles. The van der Waals surface area contributed by atoms with Crippen molar-refractivity contribution < 1.29 is 14.3 Å². The molecule has 0 bridgehead atoms. The summed E-state index contributed by atoms with van der Waals surface area (Å²) in [6, 6.07) is 15.3. The minimum atomic E-state index is -0.662. The van der Waals surface area contributed by atoms with Gasteiger partial charge in [0.2, 0.25) is 0 Å². The summed E-state index contributed by atoms with van der Waals surface area (Å²) in [5.41, 5.74) is 4.59. The lowest BCUT2D eigenvalue weighted by Gasteiger charge is -2.20. The first-order chi connectivity index (χ1) is 12.8. The fourth-order valence-corrected chi connectivity index (χ4v) is 2.42. The summed E-state index contributed by atoms with van der Waals surface area (Å²) in [5, 5.41) is 4.01. The van der Waals surface area contributed by atoms with Crippen LogP contribution < -0.4 is 14.9 Å². The number of para-hydroxylation sites is 1. The molecule has 0 aliphatic rings. The molecule has 2 aromatic rings. The maximum absolute atomic E-state index is 12.2. The van der Waals surface area contributed by atoms with E-state index < -0.39 is 6.10 Å². The van der Waals surface area contributed by atoms with Crippen LogP contribution in [0, 0.1) is 0 Å². The zero-order chi connectivity index (χ0) is 19.9. The number of nitrogens with zero attached hydrogens (tertiary/aromatic N) is 1. The third kappa shape index (κ3) is 6.13. The third-order valence-electron chi connectivity index (χ3n) is 4.00. The molecule has 2 aromatic carbocycles. The van der Waals surface area contributed by atoms with Gasteiger partial charge in [0.25, 0.3) is 5.91 Å². The highest BCUT2D eigenvalue weighted by Crippen LogP contribution is 2.24. The van der Waals surface area contributed by atoms with E-state index in [4.69, 9.17) is 9.47 Å². The molecular weight excluding hydrogens is 340 g/mol. The largest absolute Gasteiger partial charge is 0.493 e. The summed E-state index contributed by atoms with van der Waals surface area (Å²) in [4.78, 5) is 12.2. The lowest BCUT2D eigenvalue weighted by atomic mass is 9.87. The fraction of sp³-hybridized carbons (Fsp3) is 0.364. The molecule has 0 radical (unpaired) electrons. The van der Waals surface area contributed by atoms with Crippen LogP contribution in [0.5, 0.6) is 11.5 Å². The third-order valence-corrected chi connectivity index (χ3v) is 4.00. The molecule has 5 nitrogen and oxygen atoms in total. The van der Waals surface area contributed by atoms with Gasteiger partial charge in [-0.25, -0.2) is 5.43 Å². The van der Waals surface area contributed by atoms with Gasteiger partial charge in [-0.2, -0.15) is 5.10 Å². The van der Waals surface area contributed by atoms with Crippen molar-refractivity contribution in [2.75, 3.05) is 6.61 Å². The van der Waals surface area contributed by atoms with Gasteiger partial charge in [0, 0.05) is 5.56 Å². The monoisotopic (exact) mass is 368 g/mol. The molecule has 27 heavy (non-hydrogen) atoms. The number of hydrazone groups is 1. The smallest absolute Gasteiger partial charge is 0.280 e. The van der Waals surface area contributed by atoms with Crippen LogP contribution in [0.2, 0.25) is 0 Å². The molecule has 1 unspecified atom stereocenters. The number of carbonyl (C=O) groups excluding carboxylic acids is 1. The van der Waals surface area contributed by atoms with Gasteiger partial charge in [0.15, 0.2) is 6.10 Å². The summed E-state index contributed by atoms with van der Waals surface area (Å²) in [7, 11) is 0. The summed E-state index contributed by atoms with van der Waals surface area (Å²) in [5.74, 6) is 1.05. The Kier molecular flexibility index (Phi) is 6.99. The molecule has 0 spiro atoms. The first kappa shape index (κ1) is 20.5.